The van der Waals surface area contributed by atoms with Crippen LogP contribution in [0.1, 0.15) is 17.0 Å². The number of hydrogen-bond donors (Lipinski definition) is 0. The summed E-state index contributed by atoms with van der Waals surface area (Å²) in [6, 6.07) is 15.0. The standard InChI is InChI=1S/C21H15F4N3O/c1-13-10-20-26-18(11-19(21(23,24)25)28(20)27-13)15-4-8-17(9-5-15)29-12-14-2-6-16(22)7-3-14/h2-11H,12H2,1H3. The second kappa shape index (κ2) is 7.20. The summed E-state index contributed by atoms with van der Waals surface area (Å²) in [5, 5.41) is 3.88. The Morgan fingerprint density at radius 2 is 1.66 bits per heavy atom. The Kier molecular flexibility index (Phi) is 4.70. The minimum absolute atomic E-state index is 0.129. The maximum absolute atomic E-state index is 13.4. The lowest BCUT2D eigenvalue weighted by Gasteiger charge is -2.11. The van der Waals surface area contributed by atoms with Crippen LogP contribution in [0.15, 0.2) is 60.7 Å². The first-order valence-electron chi connectivity index (χ1n) is 8.72. The van der Waals surface area contributed by atoms with Gasteiger partial charge in [0.05, 0.1) is 11.4 Å². The van der Waals surface area contributed by atoms with Gasteiger partial charge in [0, 0.05) is 11.6 Å². The van der Waals surface area contributed by atoms with Gasteiger partial charge in [-0.05, 0) is 55.0 Å². The number of fused-ring (bicyclic) bond motifs is 1. The summed E-state index contributed by atoms with van der Waals surface area (Å²) in [5.74, 6) is 0.213. The van der Waals surface area contributed by atoms with E-state index in [1.54, 1.807) is 43.3 Å². The van der Waals surface area contributed by atoms with Crippen molar-refractivity contribution in [3.8, 4) is 17.0 Å². The summed E-state index contributed by atoms with van der Waals surface area (Å²) >= 11 is 0. The number of benzene rings is 2. The Morgan fingerprint density at radius 3 is 2.31 bits per heavy atom. The Morgan fingerprint density at radius 1 is 0.966 bits per heavy atom. The first-order valence-corrected chi connectivity index (χ1v) is 8.72. The maximum Gasteiger partial charge on any atom is 0.433 e. The minimum Gasteiger partial charge on any atom is -0.489 e. The van der Waals surface area contributed by atoms with Gasteiger partial charge in [0.2, 0.25) is 0 Å². The molecule has 148 valence electrons. The zero-order valence-corrected chi connectivity index (χ0v) is 15.2. The van der Waals surface area contributed by atoms with Crippen molar-refractivity contribution in [1.29, 1.82) is 0 Å². The third-order valence-electron chi connectivity index (χ3n) is 4.31. The molecule has 0 fully saturated rings. The molecule has 0 bridgehead atoms. The van der Waals surface area contributed by atoms with Crippen LogP contribution in [-0.4, -0.2) is 14.6 Å². The van der Waals surface area contributed by atoms with Gasteiger partial charge in [0.25, 0.3) is 0 Å². The fourth-order valence-electron chi connectivity index (χ4n) is 2.91. The molecule has 0 saturated heterocycles. The van der Waals surface area contributed by atoms with Gasteiger partial charge in [-0.2, -0.15) is 18.3 Å². The molecule has 8 heteroatoms. The fraction of sp³-hybridized carbons (Fsp3) is 0.143. The van der Waals surface area contributed by atoms with Crippen LogP contribution in [0.4, 0.5) is 17.6 Å². The van der Waals surface area contributed by atoms with Gasteiger partial charge in [-0.25, -0.2) is 13.9 Å². The van der Waals surface area contributed by atoms with Crippen LogP contribution in [-0.2, 0) is 12.8 Å². The number of aryl methyl sites for hydroxylation is 1. The van der Waals surface area contributed by atoms with Crippen molar-refractivity contribution in [2.75, 3.05) is 0 Å². The summed E-state index contributed by atoms with van der Waals surface area (Å²) in [4.78, 5) is 4.30. The minimum atomic E-state index is -4.56. The first kappa shape index (κ1) is 18.9. The lowest BCUT2D eigenvalue weighted by Crippen LogP contribution is -2.13. The lowest BCUT2D eigenvalue weighted by atomic mass is 10.1. The largest absolute Gasteiger partial charge is 0.489 e. The molecule has 4 nitrogen and oxygen atoms in total. The summed E-state index contributed by atoms with van der Waals surface area (Å²) in [7, 11) is 0. The highest BCUT2D eigenvalue weighted by Gasteiger charge is 2.35. The predicted molar refractivity (Wildman–Crippen MR) is 98.9 cm³/mol. The fourth-order valence-corrected chi connectivity index (χ4v) is 2.91. The molecule has 29 heavy (non-hydrogen) atoms. The Hall–Kier alpha value is -3.42. The highest BCUT2D eigenvalue weighted by atomic mass is 19.4. The molecule has 4 rings (SSSR count). The molecule has 0 spiro atoms. The molecule has 0 unspecified atom stereocenters. The van der Waals surface area contributed by atoms with Crippen molar-refractivity contribution in [2.45, 2.75) is 19.7 Å². The molecule has 4 aromatic rings. The molecule has 0 aliphatic heterocycles. The number of halogens is 4. The average molecular weight is 401 g/mol. The van der Waals surface area contributed by atoms with Crippen molar-refractivity contribution in [1.82, 2.24) is 14.6 Å². The van der Waals surface area contributed by atoms with E-state index in [1.165, 1.54) is 18.2 Å². The van der Waals surface area contributed by atoms with Gasteiger partial charge >= 0.3 is 6.18 Å². The van der Waals surface area contributed by atoms with Gasteiger partial charge in [-0.1, -0.05) is 12.1 Å². The van der Waals surface area contributed by atoms with E-state index in [9.17, 15) is 17.6 Å². The molecule has 2 heterocycles. The zero-order valence-electron chi connectivity index (χ0n) is 15.2. The van der Waals surface area contributed by atoms with Crippen molar-refractivity contribution < 1.29 is 22.3 Å². The van der Waals surface area contributed by atoms with Crippen LogP contribution in [0, 0.1) is 12.7 Å². The highest BCUT2D eigenvalue weighted by Crippen LogP contribution is 2.32. The molecule has 2 aromatic carbocycles. The molecule has 0 N–H and O–H groups in total. The Balaban J connectivity index is 1.60. The average Bonchev–Trinajstić information content (AvgIpc) is 3.06. The van der Waals surface area contributed by atoms with Crippen molar-refractivity contribution in [3.63, 3.8) is 0 Å². The van der Waals surface area contributed by atoms with Crippen LogP contribution in [0.5, 0.6) is 5.75 Å². The normalized spacial score (nSPS) is 11.8. The van der Waals surface area contributed by atoms with Crippen LogP contribution in [0.2, 0.25) is 0 Å². The smallest absolute Gasteiger partial charge is 0.433 e. The van der Waals surface area contributed by atoms with Crippen molar-refractivity contribution in [3.05, 3.63) is 83.4 Å². The molecule has 0 amide bonds. The predicted octanol–water partition coefficient (Wildman–Crippen LogP) is 5.44. The number of alkyl halides is 3. The lowest BCUT2D eigenvalue weighted by molar-refractivity contribution is -0.142. The third-order valence-corrected chi connectivity index (χ3v) is 4.31. The molecule has 2 aromatic heterocycles. The van der Waals surface area contributed by atoms with Gasteiger partial charge < -0.3 is 4.74 Å². The maximum atomic E-state index is 13.4. The van der Waals surface area contributed by atoms with Gasteiger partial charge in [0.15, 0.2) is 11.3 Å². The molecule has 0 aliphatic carbocycles. The molecule has 0 saturated carbocycles. The quantitative estimate of drug-likeness (QED) is 0.428. The van der Waals surface area contributed by atoms with Crippen LogP contribution >= 0.6 is 0 Å². The second-order valence-corrected chi connectivity index (χ2v) is 6.52. The summed E-state index contributed by atoms with van der Waals surface area (Å²) < 4.78 is 59.7. The molecular weight excluding hydrogens is 386 g/mol. The zero-order chi connectivity index (χ0) is 20.6. The summed E-state index contributed by atoms with van der Waals surface area (Å²) in [6.07, 6.45) is -4.56. The van der Waals surface area contributed by atoms with Crippen molar-refractivity contribution >= 4 is 5.65 Å². The van der Waals surface area contributed by atoms with E-state index >= 15 is 0 Å². The number of aromatic nitrogens is 3. The van der Waals surface area contributed by atoms with Crippen LogP contribution in [0.25, 0.3) is 16.9 Å². The SMILES string of the molecule is Cc1cc2nc(-c3ccc(OCc4ccc(F)cc4)cc3)cc(C(F)(F)F)n2n1. The van der Waals surface area contributed by atoms with Gasteiger partial charge in [-0.15, -0.1) is 0 Å². The van der Waals surface area contributed by atoms with E-state index < -0.39 is 11.9 Å². The number of ether oxygens (including phenoxy) is 1. The Bertz CT molecular complexity index is 1150. The monoisotopic (exact) mass is 401 g/mol. The Labute approximate surface area is 163 Å². The summed E-state index contributed by atoms with van der Waals surface area (Å²) in [5.41, 5.74) is 1.20. The summed E-state index contributed by atoms with van der Waals surface area (Å²) in [6.45, 7) is 1.86. The number of nitrogens with zero attached hydrogens (tertiary/aromatic N) is 3. The van der Waals surface area contributed by atoms with Gasteiger partial charge in [-0.3, -0.25) is 0 Å². The van der Waals surface area contributed by atoms with Crippen LogP contribution in [0.3, 0.4) is 0 Å². The third kappa shape index (κ3) is 4.06. The van der Waals surface area contributed by atoms with E-state index in [2.05, 4.69) is 10.1 Å². The van der Waals surface area contributed by atoms with E-state index in [4.69, 9.17) is 4.74 Å². The number of rotatable bonds is 4. The topological polar surface area (TPSA) is 39.4 Å². The van der Waals surface area contributed by atoms with Crippen LogP contribution < -0.4 is 4.74 Å². The number of hydrogen-bond acceptors (Lipinski definition) is 3. The van der Waals surface area contributed by atoms with E-state index in [0.717, 1.165) is 16.1 Å². The first-order chi connectivity index (χ1) is 13.8. The molecule has 0 radical (unpaired) electrons. The molecule has 0 aliphatic rings. The molecular formula is C21H15F4N3O. The van der Waals surface area contributed by atoms with E-state index in [0.29, 0.717) is 17.0 Å². The van der Waals surface area contributed by atoms with Crippen molar-refractivity contribution in [2.24, 2.45) is 0 Å². The second-order valence-electron chi connectivity index (χ2n) is 6.52. The van der Waals surface area contributed by atoms with E-state index in [1.807, 2.05) is 0 Å². The van der Waals surface area contributed by atoms with Gasteiger partial charge in [0.1, 0.15) is 18.2 Å². The van der Waals surface area contributed by atoms with E-state index in [-0.39, 0.29) is 23.8 Å². The highest BCUT2D eigenvalue weighted by molar-refractivity contribution is 5.63. The molecule has 0 atom stereocenters.